The molecule has 3 aromatic rings. The third-order valence-electron chi connectivity index (χ3n) is 2.29. The van der Waals surface area contributed by atoms with Crippen molar-refractivity contribution in [1.82, 2.24) is 19.4 Å². The Morgan fingerprint density at radius 2 is 2.12 bits per heavy atom. The number of nitrogens with zero attached hydrogens (tertiary/aromatic N) is 4. The van der Waals surface area contributed by atoms with Gasteiger partial charge in [-0.15, -0.1) is 0 Å². The molecule has 3 aromatic heterocycles. The number of pyridine rings is 1. The molecule has 0 saturated carbocycles. The first kappa shape index (κ1) is 8.96. The second kappa shape index (κ2) is 3.37. The maximum Gasteiger partial charge on any atom is 0.213 e. The van der Waals surface area contributed by atoms with Crippen molar-refractivity contribution >= 4 is 5.65 Å². The molecule has 0 atom stereocenters. The van der Waals surface area contributed by atoms with E-state index in [9.17, 15) is 4.39 Å². The highest BCUT2D eigenvalue weighted by Crippen LogP contribution is 2.17. The lowest BCUT2D eigenvalue weighted by molar-refractivity contribution is 0.585. The number of fused-ring (bicyclic) bond motifs is 1. The van der Waals surface area contributed by atoms with Gasteiger partial charge in [0, 0.05) is 12.4 Å². The molecule has 3 rings (SSSR count). The Balaban J connectivity index is 2.26. The van der Waals surface area contributed by atoms with Crippen molar-refractivity contribution in [3.8, 4) is 11.4 Å². The van der Waals surface area contributed by atoms with Gasteiger partial charge in [-0.3, -0.25) is 9.38 Å². The van der Waals surface area contributed by atoms with Gasteiger partial charge in [-0.1, -0.05) is 6.07 Å². The van der Waals surface area contributed by atoms with Gasteiger partial charge in [-0.2, -0.15) is 4.39 Å². The fraction of sp³-hybridized carbons (Fsp3) is 0. The van der Waals surface area contributed by atoms with Gasteiger partial charge in [0.25, 0.3) is 0 Å². The van der Waals surface area contributed by atoms with Crippen LogP contribution < -0.4 is 0 Å². The Kier molecular flexibility index (Phi) is 1.89. The van der Waals surface area contributed by atoms with Crippen LogP contribution in [0.2, 0.25) is 0 Å². The average molecular weight is 214 g/mol. The van der Waals surface area contributed by atoms with E-state index in [-0.39, 0.29) is 0 Å². The average Bonchev–Trinajstić information content (AvgIpc) is 2.72. The van der Waals surface area contributed by atoms with E-state index in [1.54, 1.807) is 36.9 Å². The van der Waals surface area contributed by atoms with Gasteiger partial charge in [-0.05, 0) is 12.1 Å². The van der Waals surface area contributed by atoms with Crippen molar-refractivity contribution in [1.29, 1.82) is 0 Å². The van der Waals surface area contributed by atoms with Crippen molar-refractivity contribution in [2.24, 2.45) is 0 Å². The van der Waals surface area contributed by atoms with Gasteiger partial charge in [-0.25, -0.2) is 9.97 Å². The quantitative estimate of drug-likeness (QED) is 0.581. The zero-order valence-corrected chi connectivity index (χ0v) is 8.21. The lowest BCUT2D eigenvalue weighted by atomic mass is 10.3. The van der Waals surface area contributed by atoms with Crippen molar-refractivity contribution < 1.29 is 4.39 Å². The molecule has 78 valence electrons. The molecule has 0 radical (unpaired) electrons. The zero-order chi connectivity index (χ0) is 11.0. The molecule has 0 amide bonds. The van der Waals surface area contributed by atoms with Gasteiger partial charge in [0.15, 0.2) is 5.65 Å². The predicted octanol–water partition coefficient (Wildman–Crippen LogP) is 1.93. The van der Waals surface area contributed by atoms with Crippen molar-refractivity contribution in [2.45, 2.75) is 0 Å². The molecule has 3 heterocycles. The van der Waals surface area contributed by atoms with Crippen molar-refractivity contribution in [3.05, 3.63) is 48.9 Å². The number of rotatable bonds is 1. The summed E-state index contributed by atoms with van der Waals surface area (Å²) in [7, 11) is 0. The van der Waals surface area contributed by atoms with Gasteiger partial charge in [0.1, 0.15) is 0 Å². The van der Waals surface area contributed by atoms with Crippen LogP contribution in [0.25, 0.3) is 17.0 Å². The molecule has 0 spiro atoms. The Labute approximate surface area is 90.4 Å². The number of halogens is 1. The molecule has 0 saturated heterocycles. The largest absolute Gasteiger partial charge is 0.295 e. The number of imidazole rings is 1. The SMILES string of the molecule is Fc1cccc(-c2cnc3cnccn23)n1. The van der Waals surface area contributed by atoms with Crippen LogP contribution in [0, 0.1) is 5.95 Å². The molecule has 5 heteroatoms. The van der Waals surface area contributed by atoms with Crippen LogP contribution in [-0.2, 0) is 0 Å². The molecular weight excluding hydrogens is 207 g/mol. The van der Waals surface area contributed by atoms with E-state index in [1.165, 1.54) is 6.07 Å². The van der Waals surface area contributed by atoms with Crippen LogP contribution in [-0.4, -0.2) is 19.4 Å². The Morgan fingerprint density at radius 1 is 1.19 bits per heavy atom. The molecule has 4 nitrogen and oxygen atoms in total. The monoisotopic (exact) mass is 214 g/mol. The van der Waals surface area contributed by atoms with Crippen LogP contribution in [0.5, 0.6) is 0 Å². The molecule has 16 heavy (non-hydrogen) atoms. The van der Waals surface area contributed by atoms with E-state index < -0.39 is 5.95 Å². The molecular formula is C11H7FN4. The van der Waals surface area contributed by atoms with Crippen LogP contribution >= 0.6 is 0 Å². The van der Waals surface area contributed by atoms with E-state index in [2.05, 4.69) is 15.0 Å². The number of aromatic nitrogens is 4. The zero-order valence-electron chi connectivity index (χ0n) is 8.21. The lowest BCUT2D eigenvalue weighted by Gasteiger charge is -1.99. The first-order valence-corrected chi connectivity index (χ1v) is 4.74. The summed E-state index contributed by atoms with van der Waals surface area (Å²) in [4.78, 5) is 11.9. The van der Waals surface area contributed by atoms with E-state index in [0.29, 0.717) is 11.3 Å². The normalized spacial score (nSPS) is 10.8. The molecule has 0 unspecified atom stereocenters. The summed E-state index contributed by atoms with van der Waals surface area (Å²) in [5, 5.41) is 0. The maximum absolute atomic E-state index is 13.0. The summed E-state index contributed by atoms with van der Waals surface area (Å²) in [5.41, 5.74) is 2.01. The van der Waals surface area contributed by atoms with Gasteiger partial charge in [0.05, 0.1) is 23.8 Å². The molecule has 0 aromatic carbocycles. The van der Waals surface area contributed by atoms with Crippen LogP contribution in [0.3, 0.4) is 0 Å². The Bertz CT molecular complexity index is 647. The number of hydrogen-bond donors (Lipinski definition) is 0. The standard InChI is InChI=1S/C11H7FN4/c12-10-3-1-2-8(15-10)9-6-14-11-7-13-4-5-16(9)11/h1-7H. The first-order valence-electron chi connectivity index (χ1n) is 4.74. The fourth-order valence-corrected chi connectivity index (χ4v) is 1.58. The summed E-state index contributed by atoms with van der Waals surface area (Å²) < 4.78 is 14.8. The summed E-state index contributed by atoms with van der Waals surface area (Å²) in [5.74, 6) is -0.499. The van der Waals surface area contributed by atoms with E-state index >= 15 is 0 Å². The van der Waals surface area contributed by atoms with Crippen LogP contribution in [0.4, 0.5) is 4.39 Å². The van der Waals surface area contributed by atoms with E-state index in [0.717, 1.165) is 5.69 Å². The second-order valence-electron chi connectivity index (χ2n) is 3.29. The summed E-state index contributed by atoms with van der Waals surface area (Å²) in [6.07, 6.45) is 6.71. The van der Waals surface area contributed by atoms with Gasteiger partial charge >= 0.3 is 0 Å². The van der Waals surface area contributed by atoms with Crippen LogP contribution in [0.1, 0.15) is 0 Å². The smallest absolute Gasteiger partial charge is 0.213 e. The summed E-state index contributed by atoms with van der Waals surface area (Å²) in [6.45, 7) is 0. The summed E-state index contributed by atoms with van der Waals surface area (Å²) >= 11 is 0. The van der Waals surface area contributed by atoms with Crippen molar-refractivity contribution in [3.63, 3.8) is 0 Å². The number of hydrogen-bond acceptors (Lipinski definition) is 3. The predicted molar refractivity (Wildman–Crippen MR) is 56.2 cm³/mol. The highest BCUT2D eigenvalue weighted by atomic mass is 19.1. The maximum atomic E-state index is 13.0. The molecule has 0 aliphatic carbocycles. The summed E-state index contributed by atoms with van der Waals surface area (Å²) in [6, 6.07) is 4.68. The third kappa shape index (κ3) is 1.33. The van der Waals surface area contributed by atoms with Crippen molar-refractivity contribution in [2.75, 3.05) is 0 Å². The minimum atomic E-state index is -0.499. The Hall–Kier alpha value is -2.30. The molecule has 0 aliphatic heterocycles. The first-order chi connectivity index (χ1) is 7.84. The Morgan fingerprint density at radius 3 is 3.00 bits per heavy atom. The minimum Gasteiger partial charge on any atom is -0.295 e. The fourth-order valence-electron chi connectivity index (χ4n) is 1.58. The molecule has 0 fully saturated rings. The van der Waals surface area contributed by atoms with E-state index in [1.807, 2.05) is 4.40 Å². The van der Waals surface area contributed by atoms with Gasteiger partial charge < -0.3 is 0 Å². The highest BCUT2D eigenvalue weighted by Gasteiger charge is 2.06. The highest BCUT2D eigenvalue weighted by molar-refractivity contribution is 5.59. The molecule has 0 N–H and O–H groups in total. The second-order valence-corrected chi connectivity index (χ2v) is 3.29. The molecule has 0 bridgehead atoms. The third-order valence-corrected chi connectivity index (χ3v) is 2.29. The minimum absolute atomic E-state index is 0.499. The van der Waals surface area contributed by atoms with Gasteiger partial charge in [0.2, 0.25) is 5.95 Å². The van der Waals surface area contributed by atoms with E-state index in [4.69, 9.17) is 0 Å². The van der Waals surface area contributed by atoms with Crippen LogP contribution in [0.15, 0.2) is 43.0 Å². The molecule has 0 aliphatic rings. The lowest BCUT2D eigenvalue weighted by Crippen LogP contribution is -1.92. The topological polar surface area (TPSA) is 43.1 Å².